The first-order valence-electron chi connectivity index (χ1n) is 6.51. The quantitative estimate of drug-likeness (QED) is 0.773. The minimum Gasteiger partial charge on any atom is -0.490 e. The van der Waals surface area contributed by atoms with Crippen LogP contribution in [-0.4, -0.2) is 21.5 Å². The van der Waals surface area contributed by atoms with Crippen molar-refractivity contribution in [2.24, 2.45) is 0 Å². The van der Waals surface area contributed by atoms with E-state index in [1.54, 1.807) is 4.68 Å². The zero-order valence-corrected chi connectivity index (χ0v) is 14.1. The highest BCUT2D eigenvalue weighted by Gasteiger charge is 2.10. The predicted molar refractivity (Wildman–Crippen MR) is 87.5 cm³/mol. The van der Waals surface area contributed by atoms with Crippen LogP contribution in [0.3, 0.4) is 0 Å². The molecule has 0 aliphatic heterocycles. The van der Waals surface area contributed by atoms with Crippen LogP contribution >= 0.6 is 35.4 Å². The second kappa shape index (κ2) is 7.15. The number of halogens is 2. The second-order valence-electron chi connectivity index (χ2n) is 4.48. The summed E-state index contributed by atoms with van der Waals surface area (Å²) < 4.78 is 7.74. The van der Waals surface area contributed by atoms with Crippen molar-refractivity contribution >= 4 is 35.4 Å². The van der Waals surface area contributed by atoms with E-state index in [1.165, 1.54) is 0 Å². The zero-order chi connectivity index (χ0) is 15.4. The van der Waals surface area contributed by atoms with Gasteiger partial charge in [0.05, 0.1) is 23.2 Å². The van der Waals surface area contributed by atoms with E-state index < -0.39 is 0 Å². The summed E-state index contributed by atoms with van der Waals surface area (Å²) in [5, 5.41) is 7.73. The van der Waals surface area contributed by atoms with Gasteiger partial charge < -0.3 is 10.2 Å². The lowest BCUT2D eigenvalue weighted by atomic mass is 10.2. The fraction of sp³-hybridized carbons (Fsp3) is 0.385. The Labute approximate surface area is 138 Å². The Hall–Kier alpha value is -1.24. The van der Waals surface area contributed by atoms with Crippen LogP contribution in [0.4, 0.5) is 0 Å². The molecule has 2 rings (SSSR count). The van der Waals surface area contributed by atoms with Gasteiger partial charge in [0.2, 0.25) is 4.77 Å². The van der Waals surface area contributed by atoms with E-state index in [1.807, 2.05) is 26.0 Å². The summed E-state index contributed by atoms with van der Waals surface area (Å²) in [7, 11) is 0. The highest BCUT2D eigenvalue weighted by atomic mass is 35.5. The highest BCUT2D eigenvalue weighted by Crippen LogP contribution is 2.34. The lowest BCUT2D eigenvalue weighted by Gasteiger charge is -2.12. The molecule has 0 aliphatic carbocycles. The maximum Gasteiger partial charge on any atom is 0.214 e. The minimum absolute atomic E-state index is 0.500. The van der Waals surface area contributed by atoms with Gasteiger partial charge in [-0.1, -0.05) is 30.1 Å². The number of rotatable bonds is 6. The number of hydrogen-bond acceptors (Lipinski definition) is 4. The van der Waals surface area contributed by atoms with E-state index in [-0.39, 0.29) is 0 Å². The Bertz CT molecular complexity index is 660. The predicted octanol–water partition coefficient (Wildman–Crippen LogP) is 4.09. The van der Waals surface area contributed by atoms with E-state index in [4.69, 9.17) is 40.2 Å². The smallest absolute Gasteiger partial charge is 0.214 e. The molecule has 0 saturated carbocycles. The molecule has 0 radical (unpaired) electrons. The molecule has 0 aliphatic rings. The molecule has 1 heterocycles. The van der Waals surface area contributed by atoms with E-state index in [9.17, 15) is 0 Å². The average molecular weight is 347 g/mol. The van der Waals surface area contributed by atoms with E-state index in [0.29, 0.717) is 33.7 Å². The molecular weight excluding hydrogens is 331 g/mol. The van der Waals surface area contributed by atoms with Crippen LogP contribution in [0.25, 0.3) is 0 Å². The van der Waals surface area contributed by atoms with Gasteiger partial charge in [0, 0.05) is 0 Å². The van der Waals surface area contributed by atoms with Crippen molar-refractivity contribution in [3.05, 3.63) is 38.3 Å². The van der Waals surface area contributed by atoms with Crippen LogP contribution < -0.4 is 10.2 Å². The average Bonchev–Trinajstić information content (AvgIpc) is 2.75. The zero-order valence-electron chi connectivity index (χ0n) is 11.7. The van der Waals surface area contributed by atoms with Crippen LogP contribution in [0.5, 0.6) is 5.75 Å². The van der Waals surface area contributed by atoms with Gasteiger partial charge in [0.25, 0.3) is 0 Å². The Morgan fingerprint density at radius 2 is 2.05 bits per heavy atom. The maximum atomic E-state index is 6.21. The van der Waals surface area contributed by atoms with Gasteiger partial charge in [0.1, 0.15) is 5.82 Å². The third-order valence-corrected chi connectivity index (χ3v) is 3.63. The molecule has 0 atom stereocenters. The van der Waals surface area contributed by atoms with Crippen molar-refractivity contribution in [2.45, 2.75) is 26.8 Å². The monoisotopic (exact) mass is 346 g/mol. The fourth-order valence-electron chi connectivity index (χ4n) is 1.79. The summed E-state index contributed by atoms with van der Waals surface area (Å²) in [6.45, 7) is 4.97. The Morgan fingerprint density at radius 1 is 1.38 bits per heavy atom. The van der Waals surface area contributed by atoms with Crippen LogP contribution in [-0.2, 0) is 6.54 Å². The number of hydrogen-bond donors (Lipinski definition) is 2. The number of nitrogens with zero attached hydrogens (tertiary/aromatic N) is 2. The van der Waals surface area contributed by atoms with Crippen LogP contribution in [0.15, 0.2) is 12.1 Å². The number of aromatic nitrogens is 3. The summed E-state index contributed by atoms with van der Waals surface area (Å²) in [5.41, 5.74) is 4.08. The molecule has 0 bridgehead atoms. The second-order valence-corrected chi connectivity index (χ2v) is 5.68. The molecular formula is C13H16Cl2N4OS. The van der Waals surface area contributed by atoms with E-state index in [2.05, 4.69) is 15.6 Å². The molecule has 114 valence electrons. The number of H-pyrrole nitrogens is 1. The molecule has 1 aromatic heterocycles. The molecule has 0 spiro atoms. The summed E-state index contributed by atoms with van der Waals surface area (Å²) in [4.78, 5) is 0. The topological polar surface area (TPSA) is 54.9 Å². The third-order valence-electron chi connectivity index (χ3n) is 2.79. The standard InChI is InChI=1S/C13H16Cl2N4OS/c1-3-4-20-12-10(14)5-9(6-11(12)15)7-16-19-8(2)17-18-13(19)21/h5-6,16H,3-4,7H2,1-2H3,(H,18,21). The molecule has 0 saturated heterocycles. The number of aryl methyl sites for hydroxylation is 1. The Balaban J connectivity index is 2.13. The van der Waals surface area contributed by atoms with Crippen LogP contribution in [0.1, 0.15) is 24.7 Å². The Kier molecular flexibility index (Phi) is 5.50. The van der Waals surface area contributed by atoms with E-state index in [0.717, 1.165) is 17.8 Å². The van der Waals surface area contributed by atoms with Gasteiger partial charge in [0.15, 0.2) is 5.75 Å². The maximum absolute atomic E-state index is 6.21. The molecule has 0 amide bonds. The van der Waals surface area contributed by atoms with Gasteiger partial charge in [-0.25, -0.2) is 4.68 Å². The summed E-state index contributed by atoms with van der Waals surface area (Å²) in [6.07, 6.45) is 0.897. The first-order valence-corrected chi connectivity index (χ1v) is 7.68. The van der Waals surface area contributed by atoms with Crippen molar-refractivity contribution < 1.29 is 4.74 Å². The number of ether oxygens (including phenoxy) is 1. The number of aromatic amines is 1. The molecule has 0 unspecified atom stereocenters. The van der Waals surface area contributed by atoms with Crippen molar-refractivity contribution in [2.75, 3.05) is 12.0 Å². The lowest BCUT2D eigenvalue weighted by molar-refractivity contribution is 0.318. The summed E-state index contributed by atoms with van der Waals surface area (Å²) in [6, 6.07) is 3.65. The van der Waals surface area contributed by atoms with Gasteiger partial charge in [-0.05, 0) is 43.3 Å². The normalized spacial score (nSPS) is 10.7. The molecule has 1 aromatic carbocycles. The summed E-state index contributed by atoms with van der Waals surface area (Å²) in [5.74, 6) is 1.28. The van der Waals surface area contributed by atoms with Crippen molar-refractivity contribution in [3.63, 3.8) is 0 Å². The molecule has 5 nitrogen and oxygen atoms in total. The molecule has 21 heavy (non-hydrogen) atoms. The SMILES string of the molecule is CCCOc1c(Cl)cc(CNn2c(C)n[nH]c2=S)cc1Cl. The van der Waals surface area contributed by atoms with Gasteiger partial charge in [-0.15, -0.1) is 0 Å². The molecule has 2 N–H and O–H groups in total. The third kappa shape index (κ3) is 3.90. The van der Waals surface area contributed by atoms with Crippen molar-refractivity contribution in [3.8, 4) is 5.75 Å². The van der Waals surface area contributed by atoms with Gasteiger partial charge in [-0.3, -0.25) is 5.10 Å². The Morgan fingerprint density at radius 3 is 2.57 bits per heavy atom. The molecule has 0 fully saturated rings. The van der Waals surface area contributed by atoms with E-state index >= 15 is 0 Å². The van der Waals surface area contributed by atoms with Crippen molar-refractivity contribution in [1.29, 1.82) is 0 Å². The number of benzene rings is 1. The largest absolute Gasteiger partial charge is 0.490 e. The number of nitrogens with one attached hydrogen (secondary N) is 2. The van der Waals surface area contributed by atoms with Crippen molar-refractivity contribution in [1.82, 2.24) is 14.9 Å². The fourth-order valence-corrected chi connectivity index (χ4v) is 2.67. The molecule has 8 heteroatoms. The first-order chi connectivity index (χ1) is 10.0. The highest BCUT2D eigenvalue weighted by molar-refractivity contribution is 7.71. The first kappa shape index (κ1) is 16.1. The van der Waals surface area contributed by atoms with Crippen LogP contribution in [0.2, 0.25) is 10.0 Å². The van der Waals surface area contributed by atoms with Gasteiger partial charge in [-0.2, -0.15) is 5.10 Å². The lowest BCUT2D eigenvalue weighted by Crippen LogP contribution is -2.16. The minimum atomic E-state index is 0.500. The molecule has 2 aromatic rings. The summed E-state index contributed by atoms with van der Waals surface area (Å²) >= 11 is 17.5. The van der Waals surface area contributed by atoms with Gasteiger partial charge >= 0.3 is 0 Å². The van der Waals surface area contributed by atoms with Crippen LogP contribution in [0, 0.1) is 11.7 Å².